The van der Waals surface area contributed by atoms with Crippen molar-refractivity contribution < 1.29 is 18.0 Å². The normalized spacial score (nSPS) is 31.4. The van der Waals surface area contributed by atoms with Crippen LogP contribution in [0, 0.1) is 17.3 Å². The molecule has 2 N–H and O–H groups in total. The lowest BCUT2D eigenvalue weighted by atomic mass is 9.91. The van der Waals surface area contributed by atoms with E-state index in [9.17, 15) is 18.0 Å². The van der Waals surface area contributed by atoms with E-state index >= 15 is 0 Å². The Kier molecular flexibility index (Phi) is 4.38. The number of piperidine rings is 1. The monoisotopic (exact) mass is 319 g/mol. The number of carbonyl (C=O) groups excluding carboxylic acids is 1. The quantitative estimate of drug-likeness (QED) is 0.823. The standard InChI is InChI=1S/C15H24F3N3O/c16-15(17,18)10-21-6-1-11(9-21)8-20-13(22)12-7-14(12)2-4-19-5-3-14/h11-12,19H,1-10H2,(H,20,22). The number of hydrogen-bond acceptors (Lipinski definition) is 3. The number of alkyl halides is 3. The smallest absolute Gasteiger partial charge is 0.356 e. The van der Waals surface area contributed by atoms with Gasteiger partial charge >= 0.3 is 6.18 Å². The molecule has 0 bridgehead atoms. The van der Waals surface area contributed by atoms with E-state index in [0.29, 0.717) is 19.6 Å². The maximum atomic E-state index is 12.3. The molecule has 2 atom stereocenters. The SMILES string of the molecule is O=C(NCC1CCN(CC(F)(F)F)C1)C1CC12CCNCC2. The summed E-state index contributed by atoms with van der Waals surface area (Å²) in [6, 6.07) is 0. The van der Waals surface area contributed by atoms with Gasteiger partial charge in [-0.2, -0.15) is 13.2 Å². The van der Waals surface area contributed by atoms with E-state index < -0.39 is 12.7 Å². The Morgan fingerprint density at radius 1 is 1.32 bits per heavy atom. The van der Waals surface area contributed by atoms with Crippen LogP contribution in [0.2, 0.25) is 0 Å². The van der Waals surface area contributed by atoms with Crippen LogP contribution in [0.5, 0.6) is 0 Å². The molecule has 2 aliphatic heterocycles. The summed E-state index contributed by atoms with van der Waals surface area (Å²) in [5.41, 5.74) is 0.216. The van der Waals surface area contributed by atoms with Crippen molar-refractivity contribution in [3.63, 3.8) is 0 Å². The van der Waals surface area contributed by atoms with Crippen LogP contribution in [0.4, 0.5) is 13.2 Å². The third-order valence-corrected chi connectivity index (χ3v) is 5.44. The molecule has 126 valence electrons. The lowest BCUT2D eigenvalue weighted by Crippen LogP contribution is -2.37. The minimum atomic E-state index is -4.13. The average molecular weight is 319 g/mol. The zero-order valence-electron chi connectivity index (χ0n) is 12.7. The first-order valence-corrected chi connectivity index (χ1v) is 8.15. The topological polar surface area (TPSA) is 44.4 Å². The average Bonchev–Trinajstić information content (AvgIpc) is 2.94. The Labute approximate surface area is 128 Å². The summed E-state index contributed by atoms with van der Waals surface area (Å²) in [7, 11) is 0. The Bertz CT molecular complexity index is 421. The molecule has 0 aromatic carbocycles. The fourth-order valence-electron chi connectivity index (χ4n) is 4.04. The van der Waals surface area contributed by atoms with Gasteiger partial charge in [0.15, 0.2) is 0 Å². The van der Waals surface area contributed by atoms with Crippen molar-refractivity contribution in [2.75, 3.05) is 39.3 Å². The minimum absolute atomic E-state index is 0.108. The van der Waals surface area contributed by atoms with Gasteiger partial charge in [0, 0.05) is 19.0 Å². The number of amides is 1. The summed E-state index contributed by atoms with van der Waals surface area (Å²) in [6.45, 7) is 2.55. The number of rotatable bonds is 4. The van der Waals surface area contributed by atoms with Gasteiger partial charge in [-0.3, -0.25) is 9.69 Å². The number of likely N-dealkylation sites (tertiary alicyclic amines) is 1. The van der Waals surface area contributed by atoms with E-state index in [0.717, 1.165) is 38.8 Å². The van der Waals surface area contributed by atoms with E-state index in [4.69, 9.17) is 0 Å². The highest BCUT2D eigenvalue weighted by atomic mass is 19.4. The largest absolute Gasteiger partial charge is 0.401 e. The van der Waals surface area contributed by atoms with E-state index in [1.807, 2.05) is 0 Å². The Morgan fingerprint density at radius 3 is 2.73 bits per heavy atom. The first-order valence-electron chi connectivity index (χ1n) is 8.15. The van der Waals surface area contributed by atoms with Gasteiger partial charge in [-0.05, 0) is 56.7 Å². The molecule has 4 nitrogen and oxygen atoms in total. The first kappa shape index (κ1) is 16.1. The van der Waals surface area contributed by atoms with Crippen LogP contribution in [0.25, 0.3) is 0 Å². The van der Waals surface area contributed by atoms with Crippen LogP contribution in [0.15, 0.2) is 0 Å². The van der Waals surface area contributed by atoms with Gasteiger partial charge in [-0.25, -0.2) is 0 Å². The van der Waals surface area contributed by atoms with Crippen LogP contribution < -0.4 is 10.6 Å². The second kappa shape index (κ2) is 6.00. The molecule has 1 saturated carbocycles. The predicted molar refractivity (Wildman–Crippen MR) is 76.3 cm³/mol. The van der Waals surface area contributed by atoms with Crippen molar-refractivity contribution in [2.24, 2.45) is 17.3 Å². The van der Waals surface area contributed by atoms with Crippen molar-refractivity contribution in [3.05, 3.63) is 0 Å². The molecule has 0 aromatic heterocycles. The molecule has 3 rings (SSSR count). The third-order valence-electron chi connectivity index (χ3n) is 5.44. The first-order chi connectivity index (χ1) is 10.4. The van der Waals surface area contributed by atoms with Gasteiger partial charge in [-0.15, -0.1) is 0 Å². The predicted octanol–water partition coefficient (Wildman–Crippen LogP) is 1.38. The summed E-state index contributed by atoms with van der Waals surface area (Å²) in [4.78, 5) is 13.7. The highest BCUT2D eigenvalue weighted by Crippen LogP contribution is 2.58. The van der Waals surface area contributed by atoms with Gasteiger partial charge < -0.3 is 10.6 Å². The highest BCUT2D eigenvalue weighted by molar-refractivity contribution is 5.82. The van der Waals surface area contributed by atoms with Gasteiger partial charge in [0.2, 0.25) is 5.91 Å². The number of nitrogens with zero attached hydrogens (tertiary/aromatic N) is 1. The number of halogens is 3. The second-order valence-corrected chi connectivity index (χ2v) is 7.12. The maximum Gasteiger partial charge on any atom is 0.401 e. The zero-order valence-corrected chi connectivity index (χ0v) is 12.7. The van der Waals surface area contributed by atoms with E-state index in [1.54, 1.807) is 0 Å². The molecule has 3 aliphatic rings. The number of carbonyl (C=O) groups is 1. The summed E-state index contributed by atoms with van der Waals surface area (Å²) < 4.78 is 37.0. The van der Waals surface area contributed by atoms with Crippen molar-refractivity contribution >= 4 is 5.91 Å². The molecule has 2 heterocycles. The fraction of sp³-hybridized carbons (Fsp3) is 0.933. The third kappa shape index (κ3) is 3.74. The van der Waals surface area contributed by atoms with Gasteiger partial charge in [0.1, 0.15) is 0 Å². The molecular formula is C15H24F3N3O. The maximum absolute atomic E-state index is 12.3. The summed E-state index contributed by atoms with van der Waals surface area (Å²) in [6.07, 6.45) is -0.295. The van der Waals surface area contributed by atoms with Crippen LogP contribution in [0.1, 0.15) is 25.7 Å². The summed E-state index contributed by atoms with van der Waals surface area (Å²) >= 11 is 0. The Morgan fingerprint density at radius 2 is 2.05 bits per heavy atom. The van der Waals surface area contributed by atoms with Crippen LogP contribution in [-0.2, 0) is 4.79 Å². The molecule has 3 fully saturated rings. The van der Waals surface area contributed by atoms with Crippen molar-refractivity contribution in [2.45, 2.75) is 31.9 Å². The molecule has 0 aromatic rings. The van der Waals surface area contributed by atoms with Crippen LogP contribution >= 0.6 is 0 Å². The molecule has 1 spiro atoms. The molecule has 22 heavy (non-hydrogen) atoms. The van der Waals surface area contributed by atoms with E-state index in [-0.39, 0.29) is 23.2 Å². The number of nitrogens with one attached hydrogen (secondary N) is 2. The van der Waals surface area contributed by atoms with Gasteiger partial charge in [0.25, 0.3) is 0 Å². The van der Waals surface area contributed by atoms with Crippen molar-refractivity contribution in [1.29, 1.82) is 0 Å². The lowest BCUT2D eigenvalue weighted by Gasteiger charge is -2.23. The summed E-state index contributed by atoms with van der Waals surface area (Å²) in [5.74, 6) is 0.382. The van der Waals surface area contributed by atoms with Crippen molar-refractivity contribution in [1.82, 2.24) is 15.5 Å². The summed E-state index contributed by atoms with van der Waals surface area (Å²) in [5, 5.41) is 6.29. The highest BCUT2D eigenvalue weighted by Gasteiger charge is 2.57. The van der Waals surface area contributed by atoms with Gasteiger partial charge in [0.05, 0.1) is 6.54 Å². The van der Waals surface area contributed by atoms with Crippen LogP contribution in [0.3, 0.4) is 0 Å². The van der Waals surface area contributed by atoms with Crippen molar-refractivity contribution in [3.8, 4) is 0 Å². The molecule has 0 radical (unpaired) electrons. The van der Waals surface area contributed by atoms with Crippen LogP contribution in [-0.4, -0.2) is 56.3 Å². The molecule has 1 amide bonds. The molecule has 1 aliphatic carbocycles. The molecule has 2 unspecified atom stereocenters. The minimum Gasteiger partial charge on any atom is -0.356 e. The zero-order chi connectivity index (χ0) is 15.8. The van der Waals surface area contributed by atoms with E-state index in [2.05, 4.69) is 10.6 Å². The molecule has 2 saturated heterocycles. The second-order valence-electron chi connectivity index (χ2n) is 7.12. The fourth-order valence-corrected chi connectivity index (χ4v) is 4.04. The number of hydrogen-bond donors (Lipinski definition) is 2. The Hall–Kier alpha value is -0.820. The molecule has 7 heteroatoms. The Balaban J connectivity index is 1.38. The van der Waals surface area contributed by atoms with E-state index in [1.165, 1.54) is 4.90 Å². The lowest BCUT2D eigenvalue weighted by molar-refractivity contribution is -0.143. The molecular weight excluding hydrogens is 295 g/mol. The van der Waals surface area contributed by atoms with Gasteiger partial charge in [-0.1, -0.05) is 0 Å².